The normalized spacial score (nSPS) is 18.5. The van der Waals surface area contributed by atoms with Gasteiger partial charge in [-0.1, -0.05) is 23.9 Å². The van der Waals surface area contributed by atoms with Gasteiger partial charge in [0, 0.05) is 19.1 Å². The average molecular weight is 262 g/mol. The molecule has 19 heavy (non-hydrogen) atoms. The molecule has 5 nitrogen and oxygen atoms in total. The van der Waals surface area contributed by atoms with E-state index in [1.165, 1.54) is 0 Å². The zero-order chi connectivity index (χ0) is 13.5. The van der Waals surface area contributed by atoms with Crippen LogP contribution in [0, 0.1) is 11.8 Å². The highest BCUT2D eigenvalue weighted by Gasteiger charge is 2.11. The van der Waals surface area contributed by atoms with Crippen LogP contribution >= 0.6 is 0 Å². The third-order valence-electron chi connectivity index (χ3n) is 2.92. The number of hydrogen-bond donors (Lipinski definition) is 1. The fourth-order valence-corrected chi connectivity index (χ4v) is 1.82. The van der Waals surface area contributed by atoms with Crippen LogP contribution in [0.15, 0.2) is 10.6 Å². The van der Waals surface area contributed by atoms with E-state index in [1.54, 1.807) is 6.07 Å². The minimum Gasteiger partial charge on any atom is -0.366 e. The molecule has 2 heterocycles. The first-order valence-electron chi connectivity index (χ1n) is 6.63. The summed E-state index contributed by atoms with van der Waals surface area (Å²) in [6.07, 6.45) is 3.98. The molecule has 0 bridgehead atoms. The molecule has 2 rings (SSSR count). The molecule has 1 aromatic heterocycles. The summed E-state index contributed by atoms with van der Waals surface area (Å²) >= 11 is 0. The van der Waals surface area contributed by atoms with Crippen molar-refractivity contribution in [3.05, 3.63) is 17.5 Å². The first-order valence-corrected chi connectivity index (χ1v) is 6.63. The minimum absolute atomic E-state index is 0.0180. The molecule has 0 saturated carbocycles. The first-order chi connectivity index (χ1) is 9.29. The number of ether oxygens (including phenoxy) is 1. The number of hydrogen-bond acceptors (Lipinski definition) is 4. The maximum Gasteiger partial charge on any atom is 0.274 e. The third kappa shape index (κ3) is 4.11. The van der Waals surface area contributed by atoms with Crippen LogP contribution in [-0.4, -0.2) is 30.3 Å². The summed E-state index contributed by atoms with van der Waals surface area (Å²) in [5, 5.41) is 6.38. The Morgan fingerprint density at radius 3 is 3.16 bits per heavy atom. The van der Waals surface area contributed by atoms with Gasteiger partial charge in [0.15, 0.2) is 5.69 Å². The lowest BCUT2D eigenvalue weighted by molar-refractivity contribution is 0.0525. The summed E-state index contributed by atoms with van der Waals surface area (Å²) in [5.41, 5.74) is 0.299. The van der Waals surface area contributed by atoms with Crippen LogP contribution < -0.4 is 5.32 Å². The van der Waals surface area contributed by atoms with Gasteiger partial charge < -0.3 is 14.6 Å². The van der Waals surface area contributed by atoms with Gasteiger partial charge in [-0.3, -0.25) is 4.79 Å². The molecule has 5 heteroatoms. The molecule has 1 saturated heterocycles. The predicted octanol–water partition coefficient (Wildman–Crippen LogP) is 1.54. The predicted molar refractivity (Wildman–Crippen MR) is 69.6 cm³/mol. The van der Waals surface area contributed by atoms with Crippen molar-refractivity contribution in [2.75, 3.05) is 13.2 Å². The van der Waals surface area contributed by atoms with E-state index in [0.29, 0.717) is 18.0 Å². The molecule has 0 spiro atoms. The van der Waals surface area contributed by atoms with Gasteiger partial charge in [-0.15, -0.1) is 0 Å². The van der Waals surface area contributed by atoms with E-state index >= 15 is 0 Å². The zero-order valence-electron chi connectivity index (χ0n) is 11.1. The highest BCUT2D eigenvalue weighted by atomic mass is 16.5. The Morgan fingerprint density at radius 1 is 1.58 bits per heavy atom. The number of rotatable bonds is 3. The molecule has 1 aliphatic heterocycles. The summed E-state index contributed by atoms with van der Waals surface area (Å²) < 4.78 is 10.4. The summed E-state index contributed by atoms with van der Waals surface area (Å²) in [7, 11) is 0. The smallest absolute Gasteiger partial charge is 0.274 e. The van der Waals surface area contributed by atoms with Gasteiger partial charge in [-0.05, 0) is 19.3 Å². The number of carbonyl (C=O) groups excluding carboxylic acids is 1. The van der Waals surface area contributed by atoms with Gasteiger partial charge in [0.25, 0.3) is 5.91 Å². The highest BCUT2D eigenvalue weighted by molar-refractivity contribution is 5.92. The Balaban J connectivity index is 1.75. The maximum absolute atomic E-state index is 11.7. The number of aromatic nitrogens is 1. The van der Waals surface area contributed by atoms with E-state index in [-0.39, 0.29) is 12.0 Å². The zero-order valence-corrected chi connectivity index (χ0v) is 11.1. The third-order valence-corrected chi connectivity index (χ3v) is 2.92. The number of nitrogens with zero attached hydrogens (tertiary/aromatic N) is 1. The van der Waals surface area contributed by atoms with Crippen LogP contribution in [0.25, 0.3) is 0 Å². The Labute approximate surface area is 112 Å². The van der Waals surface area contributed by atoms with E-state index in [9.17, 15) is 4.79 Å². The van der Waals surface area contributed by atoms with Crippen molar-refractivity contribution in [2.45, 2.75) is 38.7 Å². The van der Waals surface area contributed by atoms with Gasteiger partial charge in [-0.2, -0.15) is 0 Å². The fraction of sp³-hybridized carbons (Fsp3) is 0.571. The Kier molecular flexibility index (Phi) is 4.99. The van der Waals surface area contributed by atoms with Crippen molar-refractivity contribution in [1.29, 1.82) is 0 Å². The molecule has 1 aliphatic rings. The molecule has 1 amide bonds. The van der Waals surface area contributed by atoms with Crippen molar-refractivity contribution < 1.29 is 14.1 Å². The van der Waals surface area contributed by atoms with Gasteiger partial charge in [0.2, 0.25) is 0 Å². The minimum atomic E-state index is -0.262. The second-order valence-corrected chi connectivity index (χ2v) is 4.39. The van der Waals surface area contributed by atoms with Crippen LogP contribution in [0.2, 0.25) is 0 Å². The molecule has 1 N–H and O–H groups in total. The molecule has 1 fully saturated rings. The van der Waals surface area contributed by atoms with Crippen molar-refractivity contribution in [3.63, 3.8) is 0 Å². The average Bonchev–Trinajstić information content (AvgIpc) is 2.93. The van der Waals surface area contributed by atoms with Crippen LogP contribution in [0.5, 0.6) is 0 Å². The largest absolute Gasteiger partial charge is 0.366 e. The Bertz CT molecular complexity index is 478. The number of amides is 1. The van der Waals surface area contributed by atoms with Gasteiger partial charge in [0.1, 0.15) is 11.9 Å². The van der Waals surface area contributed by atoms with Crippen molar-refractivity contribution in [1.82, 2.24) is 10.5 Å². The van der Waals surface area contributed by atoms with Crippen LogP contribution in [0.3, 0.4) is 0 Å². The van der Waals surface area contributed by atoms with E-state index in [2.05, 4.69) is 22.3 Å². The lowest BCUT2D eigenvalue weighted by Gasteiger charge is -2.17. The summed E-state index contributed by atoms with van der Waals surface area (Å²) in [4.78, 5) is 11.7. The van der Waals surface area contributed by atoms with Crippen LogP contribution in [0.1, 0.15) is 42.4 Å². The van der Waals surface area contributed by atoms with E-state index in [0.717, 1.165) is 32.3 Å². The molecule has 1 atom stereocenters. The highest BCUT2D eigenvalue weighted by Crippen LogP contribution is 2.11. The van der Waals surface area contributed by atoms with Crippen LogP contribution in [0.4, 0.5) is 0 Å². The standard InChI is InChI=1S/C14H18N2O3/c1-2-11-10-13(16-19-11)14(17)15-8-5-7-12-6-3-4-9-18-12/h10,12H,2-4,6,8-9H2,1H3,(H,15,17)/t12-/m0/s1. The molecule has 0 aromatic carbocycles. The second kappa shape index (κ2) is 6.95. The molecule has 0 radical (unpaired) electrons. The Morgan fingerprint density at radius 2 is 2.47 bits per heavy atom. The van der Waals surface area contributed by atoms with Gasteiger partial charge in [0.05, 0.1) is 6.54 Å². The van der Waals surface area contributed by atoms with E-state index in [1.807, 2.05) is 6.92 Å². The second-order valence-electron chi connectivity index (χ2n) is 4.39. The van der Waals surface area contributed by atoms with Crippen molar-refractivity contribution in [2.24, 2.45) is 0 Å². The van der Waals surface area contributed by atoms with E-state index in [4.69, 9.17) is 9.26 Å². The molecule has 0 aliphatic carbocycles. The quantitative estimate of drug-likeness (QED) is 0.839. The number of nitrogens with one attached hydrogen (secondary N) is 1. The summed E-state index contributed by atoms with van der Waals surface area (Å²) in [6, 6.07) is 1.65. The van der Waals surface area contributed by atoms with Crippen molar-refractivity contribution in [3.8, 4) is 11.8 Å². The fourth-order valence-electron chi connectivity index (χ4n) is 1.82. The SMILES string of the molecule is CCc1cc(C(=O)NCC#C[C@@H]2CCCCO2)no1. The molecular formula is C14H18N2O3. The topological polar surface area (TPSA) is 64.4 Å². The maximum atomic E-state index is 11.7. The molecule has 1 aromatic rings. The van der Waals surface area contributed by atoms with Gasteiger partial charge in [-0.25, -0.2) is 0 Å². The lowest BCUT2D eigenvalue weighted by atomic mass is 10.1. The summed E-state index contributed by atoms with van der Waals surface area (Å²) in [5.74, 6) is 6.36. The van der Waals surface area contributed by atoms with Gasteiger partial charge >= 0.3 is 0 Å². The lowest BCUT2D eigenvalue weighted by Crippen LogP contribution is -2.24. The molecule has 0 unspecified atom stereocenters. The van der Waals surface area contributed by atoms with Crippen LogP contribution in [-0.2, 0) is 11.2 Å². The Hall–Kier alpha value is -1.80. The summed E-state index contributed by atoms with van der Waals surface area (Å²) in [6.45, 7) is 3.02. The first kappa shape index (κ1) is 13.6. The number of aryl methyl sites for hydroxylation is 1. The number of carbonyl (C=O) groups is 1. The molecular weight excluding hydrogens is 244 g/mol. The molecule has 102 valence electrons. The monoisotopic (exact) mass is 262 g/mol. The van der Waals surface area contributed by atoms with E-state index < -0.39 is 0 Å². The van der Waals surface area contributed by atoms with Crippen molar-refractivity contribution >= 4 is 5.91 Å².